The van der Waals surface area contributed by atoms with Crippen LogP contribution in [0.1, 0.15) is 19.3 Å². The maximum Gasteiger partial charge on any atom is 0.108 e. The molecule has 15 heavy (non-hydrogen) atoms. The van der Waals surface area contributed by atoms with E-state index in [1.807, 2.05) is 18.4 Å². The SMILES string of the molecule is NC1=CC(N)(CCN2CCCC2)NC=C1. The van der Waals surface area contributed by atoms with Gasteiger partial charge in [0, 0.05) is 24.9 Å². The van der Waals surface area contributed by atoms with E-state index in [-0.39, 0.29) is 0 Å². The minimum Gasteiger partial charge on any atom is -0.399 e. The van der Waals surface area contributed by atoms with E-state index in [0.717, 1.165) is 18.7 Å². The maximum atomic E-state index is 6.18. The van der Waals surface area contributed by atoms with Crippen LogP contribution in [-0.2, 0) is 0 Å². The molecule has 0 aromatic rings. The third-order valence-electron chi connectivity index (χ3n) is 3.09. The van der Waals surface area contributed by atoms with E-state index in [4.69, 9.17) is 11.5 Å². The van der Waals surface area contributed by atoms with Crippen LogP contribution >= 0.6 is 0 Å². The molecular weight excluding hydrogens is 188 g/mol. The van der Waals surface area contributed by atoms with Gasteiger partial charge in [0.1, 0.15) is 5.66 Å². The van der Waals surface area contributed by atoms with Gasteiger partial charge in [0.2, 0.25) is 0 Å². The van der Waals surface area contributed by atoms with Crippen LogP contribution in [0.3, 0.4) is 0 Å². The number of rotatable bonds is 3. The van der Waals surface area contributed by atoms with E-state index >= 15 is 0 Å². The number of nitrogens with zero attached hydrogens (tertiary/aromatic N) is 1. The first-order chi connectivity index (χ1) is 7.18. The van der Waals surface area contributed by atoms with Crippen molar-refractivity contribution < 1.29 is 0 Å². The molecular formula is C11H20N4. The van der Waals surface area contributed by atoms with Crippen molar-refractivity contribution in [3.8, 4) is 0 Å². The van der Waals surface area contributed by atoms with Gasteiger partial charge in [0.25, 0.3) is 0 Å². The van der Waals surface area contributed by atoms with Crippen molar-refractivity contribution in [2.45, 2.75) is 24.9 Å². The lowest BCUT2D eigenvalue weighted by atomic mass is 10.0. The lowest BCUT2D eigenvalue weighted by Crippen LogP contribution is -2.52. The van der Waals surface area contributed by atoms with Gasteiger partial charge in [-0.3, -0.25) is 0 Å². The van der Waals surface area contributed by atoms with Crippen molar-refractivity contribution in [2.75, 3.05) is 19.6 Å². The highest BCUT2D eigenvalue weighted by Gasteiger charge is 2.24. The summed E-state index contributed by atoms with van der Waals surface area (Å²) in [5, 5.41) is 3.16. The molecule has 0 spiro atoms. The zero-order valence-corrected chi connectivity index (χ0v) is 9.08. The number of hydrogen-bond acceptors (Lipinski definition) is 4. The average molecular weight is 208 g/mol. The zero-order chi connectivity index (χ0) is 10.7. The highest BCUT2D eigenvalue weighted by molar-refractivity contribution is 5.25. The summed E-state index contributed by atoms with van der Waals surface area (Å²) in [5.74, 6) is 0. The largest absolute Gasteiger partial charge is 0.399 e. The molecule has 0 aliphatic carbocycles. The molecule has 1 atom stereocenters. The van der Waals surface area contributed by atoms with E-state index in [1.54, 1.807) is 0 Å². The number of nitrogens with two attached hydrogens (primary N) is 2. The first-order valence-electron chi connectivity index (χ1n) is 5.62. The number of nitrogens with one attached hydrogen (secondary N) is 1. The third kappa shape index (κ3) is 2.73. The Morgan fingerprint density at radius 2 is 2.13 bits per heavy atom. The topological polar surface area (TPSA) is 67.3 Å². The molecule has 0 radical (unpaired) electrons. The molecule has 0 bridgehead atoms. The van der Waals surface area contributed by atoms with Gasteiger partial charge in [-0.25, -0.2) is 0 Å². The van der Waals surface area contributed by atoms with Crippen LogP contribution in [-0.4, -0.2) is 30.2 Å². The summed E-state index contributed by atoms with van der Waals surface area (Å²) >= 11 is 0. The maximum absolute atomic E-state index is 6.18. The Labute approximate surface area is 91.0 Å². The normalized spacial score (nSPS) is 31.4. The fraction of sp³-hybridized carbons (Fsp3) is 0.636. The second-order valence-corrected chi connectivity index (χ2v) is 4.46. The molecule has 5 N–H and O–H groups in total. The second kappa shape index (κ2) is 4.24. The van der Waals surface area contributed by atoms with Crippen LogP contribution in [0.2, 0.25) is 0 Å². The fourth-order valence-corrected chi connectivity index (χ4v) is 2.17. The monoisotopic (exact) mass is 208 g/mol. The van der Waals surface area contributed by atoms with Crippen LogP contribution < -0.4 is 16.8 Å². The average Bonchev–Trinajstić information content (AvgIpc) is 2.67. The smallest absolute Gasteiger partial charge is 0.108 e. The molecule has 2 heterocycles. The predicted molar refractivity (Wildman–Crippen MR) is 61.8 cm³/mol. The summed E-state index contributed by atoms with van der Waals surface area (Å²) in [5.41, 5.74) is 12.2. The summed E-state index contributed by atoms with van der Waals surface area (Å²) < 4.78 is 0. The lowest BCUT2D eigenvalue weighted by Gasteiger charge is -2.31. The Balaban J connectivity index is 1.85. The summed E-state index contributed by atoms with van der Waals surface area (Å²) in [4.78, 5) is 2.46. The van der Waals surface area contributed by atoms with E-state index < -0.39 is 5.66 Å². The fourth-order valence-electron chi connectivity index (χ4n) is 2.17. The Hall–Kier alpha value is -1.00. The van der Waals surface area contributed by atoms with Crippen LogP contribution in [0, 0.1) is 0 Å². The molecule has 1 unspecified atom stereocenters. The molecule has 2 aliphatic rings. The molecule has 1 fully saturated rings. The quantitative estimate of drug-likeness (QED) is 0.615. The number of dihydropyridines is 1. The highest BCUT2D eigenvalue weighted by atomic mass is 15.2. The van der Waals surface area contributed by atoms with E-state index in [0.29, 0.717) is 0 Å². The summed E-state index contributed by atoms with van der Waals surface area (Å²) in [7, 11) is 0. The van der Waals surface area contributed by atoms with Crippen molar-refractivity contribution in [3.63, 3.8) is 0 Å². The first kappa shape index (κ1) is 10.5. The van der Waals surface area contributed by atoms with Gasteiger partial charge in [-0.2, -0.15) is 0 Å². The van der Waals surface area contributed by atoms with Crippen molar-refractivity contribution in [2.24, 2.45) is 11.5 Å². The molecule has 0 aromatic heterocycles. The van der Waals surface area contributed by atoms with Crippen molar-refractivity contribution in [1.82, 2.24) is 10.2 Å². The minimum atomic E-state index is -0.457. The first-order valence-corrected chi connectivity index (χ1v) is 5.62. The molecule has 0 saturated carbocycles. The Morgan fingerprint density at radius 1 is 1.40 bits per heavy atom. The number of hydrogen-bond donors (Lipinski definition) is 3. The Morgan fingerprint density at radius 3 is 2.80 bits per heavy atom. The van der Waals surface area contributed by atoms with Gasteiger partial charge >= 0.3 is 0 Å². The van der Waals surface area contributed by atoms with Crippen molar-refractivity contribution >= 4 is 0 Å². The van der Waals surface area contributed by atoms with Gasteiger partial charge in [-0.15, -0.1) is 0 Å². The molecule has 1 saturated heterocycles. The number of allylic oxidation sites excluding steroid dienone is 1. The standard InChI is InChI=1S/C11H20N4/c12-10-3-5-14-11(13,9-10)4-8-15-6-1-2-7-15/h3,5,9,14H,1-2,4,6-8,12-13H2. The van der Waals surface area contributed by atoms with E-state index in [9.17, 15) is 0 Å². The molecule has 2 aliphatic heterocycles. The van der Waals surface area contributed by atoms with Crippen molar-refractivity contribution in [3.05, 3.63) is 24.0 Å². The van der Waals surface area contributed by atoms with Crippen LogP contribution in [0.15, 0.2) is 24.0 Å². The Kier molecular flexibility index (Phi) is 2.98. The van der Waals surface area contributed by atoms with Crippen molar-refractivity contribution in [1.29, 1.82) is 0 Å². The molecule has 4 heteroatoms. The van der Waals surface area contributed by atoms with Gasteiger partial charge in [-0.1, -0.05) is 0 Å². The highest BCUT2D eigenvalue weighted by Crippen LogP contribution is 2.14. The van der Waals surface area contributed by atoms with E-state index in [1.165, 1.54) is 25.9 Å². The molecule has 2 rings (SSSR count). The van der Waals surface area contributed by atoms with Crippen LogP contribution in [0.5, 0.6) is 0 Å². The summed E-state index contributed by atoms with van der Waals surface area (Å²) in [6, 6.07) is 0. The van der Waals surface area contributed by atoms with E-state index in [2.05, 4.69) is 10.2 Å². The summed E-state index contributed by atoms with van der Waals surface area (Å²) in [6.07, 6.45) is 9.12. The van der Waals surface area contributed by atoms with Gasteiger partial charge in [0.15, 0.2) is 0 Å². The minimum absolute atomic E-state index is 0.457. The predicted octanol–water partition coefficient (Wildman–Crippen LogP) is 0.0868. The van der Waals surface area contributed by atoms with Crippen LogP contribution in [0.25, 0.3) is 0 Å². The van der Waals surface area contributed by atoms with Gasteiger partial charge in [0.05, 0.1) is 0 Å². The zero-order valence-electron chi connectivity index (χ0n) is 9.08. The lowest BCUT2D eigenvalue weighted by molar-refractivity contribution is 0.289. The molecule has 0 aromatic carbocycles. The van der Waals surface area contributed by atoms with Crippen LogP contribution in [0.4, 0.5) is 0 Å². The molecule has 4 nitrogen and oxygen atoms in total. The molecule has 84 valence electrons. The molecule has 0 amide bonds. The summed E-state index contributed by atoms with van der Waals surface area (Å²) in [6.45, 7) is 3.47. The second-order valence-electron chi connectivity index (χ2n) is 4.46. The van der Waals surface area contributed by atoms with Gasteiger partial charge < -0.3 is 21.7 Å². The third-order valence-corrected chi connectivity index (χ3v) is 3.09. The Bertz CT molecular complexity index is 278. The number of likely N-dealkylation sites (tertiary alicyclic amines) is 1. The van der Waals surface area contributed by atoms with Gasteiger partial charge in [-0.05, 0) is 38.1 Å².